The molecule has 0 aliphatic rings. The second-order valence-corrected chi connectivity index (χ2v) is 4.72. The van der Waals surface area contributed by atoms with E-state index in [1.54, 1.807) is 30.3 Å². The second kappa shape index (κ2) is 7.54. The van der Waals surface area contributed by atoms with Gasteiger partial charge < -0.3 is 9.73 Å². The molecule has 1 heterocycles. The van der Waals surface area contributed by atoms with Gasteiger partial charge in [0.15, 0.2) is 5.11 Å². The highest BCUT2D eigenvalue weighted by Crippen LogP contribution is 2.24. The predicted molar refractivity (Wildman–Crippen MR) is 85.7 cm³/mol. The maximum atomic E-state index is 13.6. The van der Waals surface area contributed by atoms with Crippen molar-refractivity contribution >= 4 is 23.5 Å². The van der Waals surface area contributed by atoms with Crippen molar-refractivity contribution in [3.05, 3.63) is 48.0 Å². The molecule has 1 aromatic carbocycles. The van der Waals surface area contributed by atoms with Gasteiger partial charge in [-0.3, -0.25) is 5.43 Å². The largest absolute Gasteiger partial charge is 0.455 e. The van der Waals surface area contributed by atoms with E-state index in [-0.39, 0.29) is 5.82 Å². The summed E-state index contributed by atoms with van der Waals surface area (Å²) in [7, 11) is 0. The zero-order valence-corrected chi connectivity index (χ0v) is 12.4. The molecule has 110 valence electrons. The Kier molecular flexibility index (Phi) is 5.45. The highest BCUT2D eigenvalue weighted by atomic mass is 32.1. The number of thiocarbonyl (C=S) groups is 1. The van der Waals surface area contributed by atoms with E-state index in [0.29, 0.717) is 22.2 Å². The first-order valence-corrected chi connectivity index (χ1v) is 7.03. The Hall–Kier alpha value is -2.21. The summed E-state index contributed by atoms with van der Waals surface area (Å²) < 4.78 is 19.1. The van der Waals surface area contributed by atoms with Crippen LogP contribution in [0.15, 0.2) is 45.9 Å². The lowest BCUT2D eigenvalue weighted by Crippen LogP contribution is -2.32. The van der Waals surface area contributed by atoms with E-state index in [4.69, 9.17) is 16.6 Å². The second-order valence-electron chi connectivity index (χ2n) is 4.31. The van der Waals surface area contributed by atoms with Gasteiger partial charge in [0.1, 0.15) is 17.3 Å². The molecule has 0 saturated heterocycles. The molecule has 0 aliphatic heterocycles. The lowest BCUT2D eigenvalue weighted by molar-refractivity contribution is 0.563. The standard InChI is InChI=1S/C15H16FN3OS/c1-2-9-17-15(21)19-18-10-11-7-8-14(20-11)12-5-3-4-6-13(12)16/h3-8,10H,2,9H2,1H3,(H2,17,19,21)/b18-10-. The van der Waals surface area contributed by atoms with Crippen molar-refractivity contribution < 1.29 is 8.81 Å². The number of nitrogens with zero attached hydrogens (tertiary/aromatic N) is 1. The summed E-state index contributed by atoms with van der Waals surface area (Å²) in [6.07, 6.45) is 2.47. The predicted octanol–water partition coefficient (Wildman–Crippen LogP) is 3.29. The van der Waals surface area contributed by atoms with E-state index < -0.39 is 0 Å². The van der Waals surface area contributed by atoms with Crippen LogP contribution >= 0.6 is 12.2 Å². The van der Waals surface area contributed by atoms with Gasteiger partial charge in [0, 0.05) is 6.54 Å². The lowest BCUT2D eigenvalue weighted by Gasteiger charge is -2.03. The Morgan fingerprint density at radius 3 is 2.90 bits per heavy atom. The van der Waals surface area contributed by atoms with E-state index in [0.717, 1.165) is 13.0 Å². The van der Waals surface area contributed by atoms with Crippen molar-refractivity contribution in [2.75, 3.05) is 6.54 Å². The molecule has 2 rings (SSSR count). The van der Waals surface area contributed by atoms with Gasteiger partial charge in [-0.2, -0.15) is 5.10 Å². The van der Waals surface area contributed by atoms with Crippen LogP contribution in [-0.4, -0.2) is 17.9 Å². The fraction of sp³-hybridized carbons (Fsp3) is 0.200. The normalized spacial score (nSPS) is 10.8. The van der Waals surface area contributed by atoms with Crippen molar-refractivity contribution in [3.8, 4) is 11.3 Å². The summed E-state index contributed by atoms with van der Waals surface area (Å²) >= 11 is 5.02. The average molecular weight is 305 g/mol. The minimum absolute atomic E-state index is 0.321. The number of halogens is 1. The Balaban J connectivity index is 1.98. The number of nitrogens with one attached hydrogen (secondary N) is 2. The minimum Gasteiger partial charge on any atom is -0.455 e. The number of rotatable bonds is 5. The lowest BCUT2D eigenvalue weighted by atomic mass is 10.1. The van der Waals surface area contributed by atoms with Gasteiger partial charge in [0.05, 0.1) is 11.8 Å². The van der Waals surface area contributed by atoms with Crippen LogP contribution in [0.5, 0.6) is 0 Å². The molecule has 0 unspecified atom stereocenters. The molecule has 6 heteroatoms. The van der Waals surface area contributed by atoms with Crippen LogP contribution in [0, 0.1) is 5.82 Å². The Labute approximate surface area is 128 Å². The van der Waals surface area contributed by atoms with Crippen LogP contribution < -0.4 is 10.7 Å². The summed E-state index contributed by atoms with van der Waals surface area (Å²) in [5.74, 6) is 0.652. The fourth-order valence-electron chi connectivity index (χ4n) is 1.66. The zero-order chi connectivity index (χ0) is 15.1. The first-order valence-electron chi connectivity index (χ1n) is 6.62. The highest BCUT2D eigenvalue weighted by molar-refractivity contribution is 7.80. The third-order valence-electron chi connectivity index (χ3n) is 2.66. The van der Waals surface area contributed by atoms with E-state index in [9.17, 15) is 4.39 Å². The van der Waals surface area contributed by atoms with Crippen LogP contribution in [-0.2, 0) is 0 Å². The number of hydrogen-bond acceptors (Lipinski definition) is 3. The molecule has 0 aliphatic carbocycles. The maximum Gasteiger partial charge on any atom is 0.186 e. The first-order chi connectivity index (χ1) is 10.2. The SMILES string of the molecule is CCCNC(=S)N/N=C\c1ccc(-c2ccccc2F)o1. The molecule has 0 bridgehead atoms. The van der Waals surface area contributed by atoms with Crippen molar-refractivity contribution in [1.82, 2.24) is 10.7 Å². The number of furan rings is 1. The summed E-state index contributed by atoms with van der Waals surface area (Å²) in [6, 6.07) is 9.87. The van der Waals surface area contributed by atoms with E-state index in [2.05, 4.69) is 15.8 Å². The molecular weight excluding hydrogens is 289 g/mol. The van der Waals surface area contributed by atoms with Crippen molar-refractivity contribution in [2.24, 2.45) is 5.10 Å². The summed E-state index contributed by atoms with van der Waals surface area (Å²) in [6.45, 7) is 2.84. The molecule has 0 atom stereocenters. The highest BCUT2D eigenvalue weighted by Gasteiger charge is 2.07. The third-order valence-corrected chi connectivity index (χ3v) is 2.90. The molecule has 4 nitrogen and oxygen atoms in total. The molecule has 2 aromatic rings. The quantitative estimate of drug-likeness (QED) is 0.505. The van der Waals surface area contributed by atoms with Gasteiger partial charge in [0.2, 0.25) is 0 Å². The van der Waals surface area contributed by atoms with Crippen LogP contribution in [0.25, 0.3) is 11.3 Å². The minimum atomic E-state index is -0.321. The Morgan fingerprint density at radius 1 is 1.33 bits per heavy atom. The average Bonchev–Trinajstić information content (AvgIpc) is 2.94. The van der Waals surface area contributed by atoms with Gasteiger partial charge in [-0.25, -0.2) is 4.39 Å². The molecule has 2 N–H and O–H groups in total. The van der Waals surface area contributed by atoms with Gasteiger partial charge in [-0.1, -0.05) is 19.1 Å². The first kappa shape index (κ1) is 15.2. The summed E-state index contributed by atoms with van der Waals surface area (Å²) in [5.41, 5.74) is 3.10. The molecular formula is C15H16FN3OS. The van der Waals surface area contributed by atoms with Crippen LogP contribution in [0.3, 0.4) is 0 Å². The monoisotopic (exact) mass is 305 g/mol. The van der Waals surface area contributed by atoms with Gasteiger partial charge in [-0.15, -0.1) is 0 Å². The van der Waals surface area contributed by atoms with Crippen LogP contribution in [0.2, 0.25) is 0 Å². The van der Waals surface area contributed by atoms with Crippen molar-refractivity contribution in [3.63, 3.8) is 0 Å². The molecule has 1 aromatic heterocycles. The number of benzene rings is 1. The van der Waals surface area contributed by atoms with Crippen molar-refractivity contribution in [1.29, 1.82) is 0 Å². The van der Waals surface area contributed by atoms with Gasteiger partial charge in [0.25, 0.3) is 0 Å². The number of hydrogen-bond donors (Lipinski definition) is 2. The van der Waals surface area contributed by atoms with Crippen LogP contribution in [0.4, 0.5) is 4.39 Å². The maximum absolute atomic E-state index is 13.6. The number of hydrazone groups is 1. The van der Waals surface area contributed by atoms with Gasteiger partial charge >= 0.3 is 0 Å². The molecule has 0 radical (unpaired) electrons. The Morgan fingerprint density at radius 2 is 2.14 bits per heavy atom. The molecule has 21 heavy (non-hydrogen) atoms. The van der Waals surface area contributed by atoms with E-state index in [1.165, 1.54) is 12.3 Å². The summed E-state index contributed by atoms with van der Waals surface area (Å²) in [5, 5.41) is 7.39. The van der Waals surface area contributed by atoms with Crippen LogP contribution in [0.1, 0.15) is 19.1 Å². The van der Waals surface area contributed by atoms with E-state index in [1.807, 2.05) is 6.92 Å². The van der Waals surface area contributed by atoms with Crippen molar-refractivity contribution in [2.45, 2.75) is 13.3 Å². The topological polar surface area (TPSA) is 49.6 Å². The fourth-order valence-corrected chi connectivity index (χ4v) is 1.82. The van der Waals surface area contributed by atoms with E-state index >= 15 is 0 Å². The smallest absolute Gasteiger partial charge is 0.186 e. The molecule has 0 saturated carbocycles. The third kappa shape index (κ3) is 4.39. The summed E-state index contributed by atoms with van der Waals surface area (Å²) in [4.78, 5) is 0. The molecule has 0 fully saturated rings. The Bertz CT molecular complexity index is 639. The molecule has 0 amide bonds. The van der Waals surface area contributed by atoms with Gasteiger partial charge in [-0.05, 0) is 42.9 Å². The molecule has 0 spiro atoms. The zero-order valence-electron chi connectivity index (χ0n) is 11.6.